The average Bonchev–Trinajstić information content (AvgIpc) is 2.06. The van der Waals surface area contributed by atoms with Gasteiger partial charge >= 0.3 is 0 Å². The molecule has 1 N–H and O–H groups in total. The number of nitrogens with one attached hydrogen (secondary N) is 1. The Labute approximate surface area is 75.5 Å². The van der Waals surface area contributed by atoms with Gasteiger partial charge in [-0.2, -0.15) is 0 Å². The van der Waals surface area contributed by atoms with E-state index in [0.717, 1.165) is 13.0 Å². The largest absolute Gasteiger partial charge is 0.371 e. The zero-order valence-corrected chi connectivity index (χ0v) is 8.27. The van der Waals surface area contributed by atoms with Gasteiger partial charge in [-0.25, -0.2) is 0 Å². The molecule has 0 fully saturated rings. The van der Waals surface area contributed by atoms with Crippen molar-refractivity contribution in [2.24, 2.45) is 4.99 Å². The molecule has 1 heterocycles. The molecule has 0 bridgehead atoms. The van der Waals surface area contributed by atoms with Crippen LogP contribution < -0.4 is 5.32 Å². The number of nitrogens with zero attached hydrogens (tertiary/aromatic N) is 1. The van der Waals surface area contributed by atoms with Crippen molar-refractivity contribution in [2.75, 3.05) is 6.54 Å². The summed E-state index contributed by atoms with van der Waals surface area (Å²) in [6.07, 6.45) is 6.24. The van der Waals surface area contributed by atoms with Crippen LogP contribution in [0.4, 0.5) is 0 Å². The first-order valence-corrected chi connectivity index (χ1v) is 5.12. The van der Waals surface area contributed by atoms with Crippen LogP contribution in [0.25, 0.3) is 0 Å². The van der Waals surface area contributed by atoms with E-state index in [1.807, 2.05) is 0 Å². The van der Waals surface area contributed by atoms with Gasteiger partial charge in [0.25, 0.3) is 0 Å². The molecule has 0 radical (unpaired) electrons. The summed E-state index contributed by atoms with van der Waals surface area (Å²) in [5.41, 5.74) is 0. The molecule has 1 aliphatic rings. The van der Waals surface area contributed by atoms with Crippen LogP contribution in [0.15, 0.2) is 4.99 Å². The van der Waals surface area contributed by atoms with E-state index in [4.69, 9.17) is 0 Å². The van der Waals surface area contributed by atoms with Crippen LogP contribution in [0, 0.1) is 0 Å². The van der Waals surface area contributed by atoms with Gasteiger partial charge in [0.2, 0.25) is 0 Å². The van der Waals surface area contributed by atoms with Crippen LogP contribution >= 0.6 is 0 Å². The smallest absolute Gasteiger partial charge is 0.0965 e. The van der Waals surface area contributed by atoms with Gasteiger partial charge in [-0.05, 0) is 26.2 Å². The van der Waals surface area contributed by atoms with Gasteiger partial charge < -0.3 is 5.32 Å². The Bertz CT molecular complexity index is 152. The Morgan fingerprint density at radius 3 is 2.92 bits per heavy atom. The Morgan fingerprint density at radius 2 is 2.33 bits per heavy atom. The maximum atomic E-state index is 4.46. The predicted molar refractivity (Wildman–Crippen MR) is 53.7 cm³/mol. The molecule has 70 valence electrons. The minimum atomic E-state index is 0.604. The van der Waals surface area contributed by atoms with Crippen molar-refractivity contribution in [3.05, 3.63) is 0 Å². The Morgan fingerprint density at radius 1 is 1.50 bits per heavy atom. The molecule has 1 unspecified atom stereocenters. The van der Waals surface area contributed by atoms with Crippen molar-refractivity contribution >= 4 is 5.84 Å². The van der Waals surface area contributed by atoms with E-state index in [2.05, 4.69) is 24.2 Å². The molecule has 0 aromatic carbocycles. The van der Waals surface area contributed by atoms with Crippen molar-refractivity contribution in [3.8, 4) is 0 Å². The van der Waals surface area contributed by atoms with Crippen molar-refractivity contribution in [2.45, 2.75) is 52.0 Å². The molecular formula is C10H20N2. The fourth-order valence-electron chi connectivity index (χ4n) is 1.60. The van der Waals surface area contributed by atoms with Gasteiger partial charge in [0, 0.05) is 19.0 Å². The van der Waals surface area contributed by atoms with Crippen LogP contribution in [-0.4, -0.2) is 18.4 Å². The molecule has 1 aliphatic heterocycles. The number of rotatable bonds is 3. The molecule has 12 heavy (non-hydrogen) atoms. The van der Waals surface area contributed by atoms with Gasteiger partial charge in [0.1, 0.15) is 0 Å². The molecule has 2 heteroatoms. The highest BCUT2D eigenvalue weighted by Gasteiger charge is 2.07. The summed E-state index contributed by atoms with van der Waals surface area (Å²) in [6, 6.07) is 0.604. The minimum absolute atomic E-state index is 0.604. The monoisotopic (exact) mass is 168 g/mol. The number of amidine groups is 1. The van der Waals surface area contributed by atoms with E-state index in [-0.39, 0.29) is 0 Å². The first-order valence-electron chi connectivity index (χ1n) is 5.12. The SMILES string of the molecule is CCCC(C)NC1=NCCCC1. The lowest BCUT2D eigenvalue weighted by atomic mass is 10.1. The molecule has 2 nitrogen and oxygen atoms in total. The fourth-order valence-corrected chi connectivity index (χ4v) is 1.60. The lowest BCUT2D eigenvalue weighted by Gasteiger charge is -2.18. The van der Waals surface area contributed by atoms with Crippen molar-refractivity contribution in [1.29, 1.82) is 0 Å². The van der Waals surface area contributed by atoms with Crippen LogP contribution in [0.5, 0.6) is 0 Å². The van der Waals surface area contributed by atoms with E-state index in [1.165, 1.54) is 31.5 Å². The molecule has 0 aromatic rings. The topological polar surface area (TPSA) is 24.4 Å². The van der Waals surface area contributed by atoms with E-state index in [9.17, 15) is 0 Å². The third-order valence-corrected chi connectivity index (χ3v) is 2.26. The van der Waals surface area contributed by atoms with E-state index >= 15 is 0 Å². The fraction of sp³-hybridized carbons (Fsp3) is 0.900. The summed E-state index contributed by atoms with van der Waals surface area (Å²) in [6.45, 7) is 5.49. The number of hydrogen-bond donors (Lipinski definition) is 1. The van der Waals surface area contributed by atoms with Gasteiger partial charge in [-0.3, -0.25) is 4.99 Å². The quantitative estimate of drug-likeness (QED) is 0.687. The van der Waals surface area contributed by atoms with Crippen molar-refractivity contribution in [1.82, 2.24) is 5.32 Å². The maximum absolute atomic E-state index is 4.46. The molecule has 1 rings (SSSR count). The van der Waals surface area contributed by atoms with Gasteiger partial charge in [0.15, 0.2) is 0 Å². The molecule has 0 amide bonds. The maximum Gasteiger partial charge on any atom is 0.0965 e. The molecule has 0 saturated carbocycles. The summed E-state index contributed by atoms with van der Waals surface area (Å²) in [4.78, 5) is 4.46. The lowest BCUT2D eigenvalue weighted by Crippen LogP contribution is -2.33. The molecule has 0 saturated heterocycles. The summed E-state index contributed by atoms with van der Waals surface area (Å²) in [5, 5.41) is 3.47. The summed E-state index contributed by atoms with van der Waals surface area (Å²) in [7, 11) is 0. The zero-order chi connectivity index (χ0) is 8.81. The third-order valence-electron chi connectivity index (χ3n) is 2.26. The standard InChI is InChI=1S/C10H20N2/c1-3-6-9(2)12-10-7-4-5-8-11-10/h9H,3-8H2,1-2H3,(H,11,12). The Kier molecular flexibility index (Phi) is 4.12. The van der Waals surface area contributed by atoms with Gasteiger partial charge in [-0.15, -0.1) is 0 Å². The normalized spacial score (nSPS) is 20.0. The van der Waals surface area contributed by atoms with Gasteiger partial charge in [0.05, 0.1) is 5.84 Å². The average molecular weight is 168 g/mol. The van der Waals surface area contributed by atoms with Crippen LogP contribution in [0.2, 0.25) is 0 Å². The molecule has 0 aromatic heterocycles. The number of aliphatic imine (C=N–C) groups is 1. The van der Waals surface area contributed by atoms with E-state index in [1.54, 1.807) is 0 Å². The second-order valence-corrected chi connectivity index (χ2v) is 3.62. The summed E-state index contributed by atoms with van der Waals surface area (Å²) >= 11 is 0. The predicted octanol–water partition coefficient (Wildman–Crippen LogP) is 2.35. The highest BCUT2D eigenvalue weighted by Crippen LogP contribution is 2.05. The lowest BCUT2D eigenvalue weighted by molar-refractivity contribution is 0.579. The van der Waals surface area contributed by atoms with Crippen molar-refractivity contribution in [3.63, 3.8) is 0 Å². The molecule has 0 spiro atoms. The van der Waals surface area contributed by atoms with Crippen LogP contribution in [0.3, 0.4) is 0 Å². The number of hydrogen-bond acceptors (Lipinski definition) is 2. The second-order valence-electron chi connectivity index (χ2n) is 3.62. The summed E-state index contributed by atoms with van der Waals surface area (Å²) < 4.78 is 0. The molecule has 0 aliphatic carbocycles. The first-order chi connectivity index (χ1) is 5.83. The Hall–Kier alpha value is -0.530. The summed E-state index contributed by atoms with van der Waals surface area (Å²) in [5.74, 6) is 1.24. The zero-order valence-electron chi connectivity index (χ0n) is 8.27. The van der Waals surface area contributed by atoms with Crippen LogP contribution in [-0.2, 0) is 0 Å². The van der Waals surface area contributed by atoms with Crippen molar-refractivity contribution < 1.29 is 0 Å². The highest BCUT2D eigenvalue weighted by atomic mass is 15.0. The Balaban J connectivity index is 2.24. The van der Waals surface area contributed by atoms with E-state index < -0.39 is 0 Å². The van der Waals surface area contributed by atoms with Gasteiger partial charge in [-0.1, -0.05) is 13.3 Å². The highest BCUT2D eigenvalue weighted by molar-refractivity contribution is 5.82. The molecule has 1 atom stereocenters. The van der Waals surface area contributed by atoms with E-state index in [0.29, 0.717) is 6.04 Å². The molecular weight excluding hydrogens is 148 g/mol. The minimum Gasteiger partial charge on any atom is -0.371 e. The first kappa shape index (κ1) is 9.56. The van der Waals surface area contributed by atoms with Crippen LogP contribution in [0.1, 0.15) is 46.0 Å². The third kappa shape index (κ3) is 3.24. The second kappa shape index (κ2) is 5.18.